The van der Waals surface area contributed by atoms with Gasteiger partial charge in [-0.15, -0.1) is 0 Å². The third kappa shape index (κ3) is 3.09. The summed E-state index contributed by atoms with van der Waals surface area (Å²) in [5.41, 5.74) is 0.280. The summed E-state index contributed by atoms with van der Waals surface area (Å²) < 4.78 is 6.15. The molecule has 0 amide bonds. The third-order valence-corrected chi connectivity index (χ3v) is 3.75. The molecule has 0 aliphatic heterocycles. The van der Waals surface area contributed by atoms with Crippen molar-refractivity contribution in [2.45, 2.75) is 24.5 Å². The molecule has 0 spiro atoms. The third-order valence-electron chi connectivity index (χ3n) is 3.75. The van der Waals surface area contributed by atoms with Gasteiger partial charge in [-0.1, -0.05) is 36.4 Å². The van der Waals surface area contributed by atoms with Crippen LogP contribution >= 0.6 is 0 Å². The summed E-state index contributed by atoms with van der Waals surface area (Å²) in [5.74, 6) is 0.767. The van der Waals surface area contributed by atoms with Crippen molar-refractivity contribution < 1.29 is 9.84 Å². The molecule has 2 N–H and O–H groups in total. The number of rotatable bonds is 5. The normalized spacial score (nSPS) is 22.1. The Morgan fingerprint density at radius 2 is 2.00 bits per heavy atom. The molecule has 2 unspecified atom stereocenters. The molecule has 3 nitrogen and oxygen atoms in total. The Bertz CT molecular complexity index is 616. The number of aliphatic hydroxyl groups excluding tert-OH is 1. The maximum Gasteiger partial charge on any atom is 0.157 e. The highest BCUT2D eigenvalue weighted by atomic mass is 16.5. The van der Waals surface area contributed by atoms with Crippen LogP contribution in [-0.2, 0) is 6.42 Å². The van der Waals surface area contributed by atoms with E-state index in [0.717, 1.165) is 11.4 Å². The molecule has 2 atom stereocenters. The van der Waals surface area contributed by atoms with Gasteiger partial charge in [-0.05, 0) is 30.3 Å². The van der Waals surface area contributed by atoms with E-state index in [9.17, 15) is 5.11 Å². The number of benzene rings is 1. The van der Waals surface area contributed by atoms with Crippen molar-refractivity contribution in [3.05, 3.63) is 78.7 Å². The number of para-hydroxylation sites is 1. The molecule has 108 valence electrons. The molecule has 0 fully saturated rings. The smallest absolute Gasteiger partial charge is 0.157 e. The quantitative estimate of drug-likeness (QED) is 0.883. The van der Waals surface area contributed by atoms with E-state index in [4.69, 9.17) is 4.74 Å². The molecule has 1 aromatic heterocycles. The standard InChI is InChI=1S/C18H19NO2/c20-17(14-15-8-7-13-19-15)18(11-5-2-6-12-18)21-16-9-3-1-4-10-16/h1-11,13,17,19-20H,12,14H2. The highest BCUT2D eigenvalue weighted by molar-refractivity contribution is 5.28. The molecule has 1 aliphatic carbocycles. The topological polar surface area (TPSA) is 45.2 Å². The van der Waals surface area contributed by atoms with Gasteiger partial charge in [-0.2, -0.15) is 0 Å². The Balaban J connectivity index is 1.83. The fourth-order valence-corrected chi connectivity index (χ4v) is 2.59. The lowest BCUT2D eigenvalue weighted by molar-refractivity contribution is -0.0186. The van der Waals surface area contributed by atoms with Gasteiger partial charge < -0.3 is 14.8 Å². The maximum atomic E-state index is 10.7. The molecular weight excluding hydrogens is 262 g/mol. The zero-order chi connectivity index (χ0) is 14.5. The number of hydrogen-bond acceptors (Lipinski definition) is 2. The van der Waals surface area contributed by atoms with Crippen LogP contribution in [0.1, 0.15) is 12.1 Å². The summed E-state index contributed by atoms with van der Waals surface area (Å²) >= 11 is 0. The van der Waals surface area contributed by atoms with Crippen molar-refractivity contribution in [1.82, 2.24) is 4.98 Å². The fourth-order valence-electron chi connectivity index (χ4n) is 2.59. The second kappa shape index (κ2) is 6.02. The lowest BCUT2D eigenvalue weighted by Crippen LogP contribution is -2.47. The molecule has 3 rings (SSSR count). The first kappa shape index (κ1) is 13.7. The van der Waals surface area contributed by atoms with Crippen molar-refractivity contribution >= 4 is 0 Å². The largest absolute Gasteiger partial charge is 0.480 e. The van der Waals surface area contributed by atoms with E-state index in [1.165, 1.54) is 0 Å². The molecule has 1 aromatic carbocycles. The van der Waals surface area contributed by atoms with E-state index in [0.29, 0.717) is 12.8 Å². The number of aliphatic hydroxyl groups is 1. The molecule has 0 saturated carbocycles. The Hall–Kier alpha value is -2.26. The summed E-state index contributed by atoms with van der Waals surface area (Å²) in [7, 11) is 0. The molecule has 1 heterocycles. The van der Waals surface area contributed by atoms with Gasteiger partial charge in [0.1, 0.15) is 11.9 Å². The van der Waals surface area contributed by atoms with Crippen LogP contribution in [0.5, 0.6) is 5.75 Å². The van der Waals surface area contributed by atoms with Crippen molar-refractivity contribution in [2.75, 3.05) is 0 Å². The highest BCUT2D eigenvalue weighted by Gasteiger charge is 2.38. The maximum absolute atomic E-state index is 10.7. The Labute approximate surface area is 124 Å². The molecule has 3 heteroatoms. The fraction of sp³-hybridized carbons (Fsp3) is 0.222. The van der Waals surface area contributed by atoms with Crippen molar-refractivity contribution in [3.63, 3.8) is 0 Å². The van der Waals surface area contributed by atoms with Gasteiger partial charge in [0.25, 0.3) is 0 Å². The second-order valence-corrected chi connectivity index (χ2v) is 5.28. The predicted octanol–water partition coefficient (Wildman–Crippen LogP) is 3.25. The van der Waals surface area contributed by atoms with Crippen LogP contribution in [0.15, 0.2) is 73.0 Å². The summed E-state index contributed by atoms with van der Waals surface area (Å²) in [5, 5.41) is 10.7. The Morgan fingerprint density at radius 1 is 1.14 bits per heavy atom. The van der Waals surface area contributed by atoms with Crippen molar-refractivity contribution in [2.24, 2.45) is 0 Å². The Kier molecular flexibility index (Phi) is 3.93. The van der Waals surface area contributed by atoms with E-state index < -0.39 is 11.7 Å². The van der Waals surface area contributed by atoms with Gasteiger partial charge >= 0.3 is 0 Å². The summed E-state index contributed by atoms with van der Waals surface area (Å²) in [6, 6.07) is 13.5. The van der Waals surface area contributed by atoms with Crippen LogP contribution in [0, 0.1) is 0 Å². The van der Waals surface area contributed by atoms with E-state index in [-0.39, 0.29) is 0 Å². The molecule has 2 aromatic rings. The minimum atomic E-state index is -0.721. The first-order valence-electron chi connectivity index (χ1n) is 7.17. The highest BCUT2D eigenvalue weighted by Crippen LogP contribution is 2.30. The van der Waals surface area contributed by atoms with Gasteiger partial charge in [0.2, 0.25) is 0 Å². The van der Waals surface area contributed by atoms with E-state index in [1.807, 2.05) is 73.0 Å². The lowest BCUT2D eigenvalue weighted by Gasteiger charge is -2.36. The van der Waals surface area contributed by atoms with Crippen LogP contribution < -0.4 is 4.74 Å². The Morgan fingerprint density at radius 3 is 2.67 bits per heavy atom. The predicted molar refractivity (Wildman–Crippen MR) is 83.2 cm³/mol. The van der Waals surface area contributed by atoms with Gasteiger partial charge in [0.05, 0.1) is 0 Å². The first-order chi connectivity index (χ1) is 10.3. The van der Waals surface area contributed by atoms with Crippen LogP contribution in [0.3, 0.4) is 0 Å². The van der Waals surface area contributed by atoms with E-state index >= 15 is 0 Å². The number of nitrogens with one attached hydrogen (secondary N) is 1. The molecular formula is C18H19NO2. The number of ether oxygens (including phenoxy) is 1. The van der Waals surface area contributed by atoms with Gasteiger partial charge in [0, 0.05) is 24.7 Å². The van der Waals surface area contributed by atoms with E-state index in [1.54, 1.807) is 0 Å². The first-order valence-corrected chi connectivity index (χ1v) is 7.17. The van der Waals surface area contributed by atoms with E-state index in [2.05, 4.69) is 4.98 Å². The van der Waals surface area contributed by atoms with Gasteiger partial charge in [-0.3, -0.25) is 0 Å². The molecule has 1 aliphatic rings. The zero-order valence-electron chi connectivity index (χ0n) is 11.8. The van der Waals surface area contributed by atoms with Crippen molar-refractivity contribution in [3.8, 4) is 5.75 Å². The molecule has 0 saturated heterocycles. The van der Waals surface area contributed by atoms with Crippen molar-refractivity contribution in [1.29, 1.82) is 0 Å². The van der Waals surface area contributed by atoms with Crippen LogP contribution in [0.25, 0.3) is 0 Å². The zero-order valence-corrected chi connectivity index (χ0v) is 11.8. The second-order valence-electron chi connectivity index (χ2n) is 5.28. The molecule has 21 heavy (non-hydrogen) atoms. The number of allylic oxidation sites excluding steroid dienone is 2. The van der Waals surface area contributed by atoms with Gasteiger partial charge in [-0.25, -0.2) is 0 Å². The number of hydrogen-bond donors (Lipinski definition) is 2. The minimum absolute atomic E-state index is 0.526. The summed E-state index contributed by atoms with van der Waals surface area (Å²) in [6.07, 6.45) is 10.3. The van der Waals surface area contributed by atoms with Crippen LogP contribution in [0.2, 0.25) is 0 Å². The lowest BCUT2D eigenvalue weighted by atomic mass is 9.86. The monoisotopic (exact) mass is 281 g/mol. The average molecular weight is 281 g/mol. The number of aromatic nitrogens is 1. The summed E-state index contributed by atoms with van der Waals surface area (Å²) in [6.45, 7) is 0. The number of H-pyrrole nitrogens is 1. The number of aromatic amines is 1. The van der Waals surface area contributed by atoms with Gasteiger partial charge in [0.15, 0.2) is 5.60 Å². The minimum Gasteiger partial charge on any atom is -0.480 e. The molecule has 0 bridgehead atoms. The van der Waals surface area contributed by atoms with Crippen LogP contribution in [-0.4, -0.2) is 21.8 Å². The summed E-state index contributed by atoms with van der Waals surface area (Å²) in [4.78, 5) is 3.13. The SMILES string of the molecule is OC(Cc1ccc[nH]1)C1(Oc2ccccc2)C=CC=CC1. The average Bonchev–Trinajstić information content (AvgIpc) is 3.02. The van der Waals surface area contributed by atoms with Crippen LogP contribution in [0.4, 0.5) is 0 Å². The molecule has 0 radical (unpaired) electrons.